The zero-order chi connectivity index (χ0) is 16.7. The largest absolute Gasteiger partial charge is 0.497 e. The van der Waals surface area contributed by atoms with Gasteiger partial charge in [-0.2, -0.15) is 0 Å². The molecule has 0 amide bonds. The van der Waals surface area contributed by atoms with Crippen LogP contribution in [0.3, 0.4) is 0 Å². The number of methoxy groups -OCH3 is 1. The van der Waals surface area contributed by atoms with Crippen LogP contribution >= 0.6 is 11.8 Å². The maximum atomic E-state index is 12.2. The SMILES string of the molecule is COc1ccc(SC(=O)CC(C[N+](=O)[O-])c2ccccc2)cc1. The van der Waals surface area contributed by atoms with Crippen molar-refractivity contribution >= 4 is 16.9 Å². The number of ether oxygens (including phenoxy) is 1. The molecular weight excluding hydrogens is 314 g/mol. The van der Waals surface area contributed by atoms with Crippen LogP contribution in [0.2, 0.25) is 0 Å². The summed E-state index contributed by atoms with van der Waals surface area (Å²) in [7, 11) is 1.58. The van der Waals surface area contributed by atoms with E-state index in [2.05, 4.69) is 0 Å². The number of carbonyl (C=O) groups excluding carboxylic acids is 1. The normalized spacial score (nSPS) is 11.7. The highest BCUT2D eigenvalue weighted by Gasteiger charge is 2.21. The topological polar surface area (TPSA) is 69.4 Å². The number of rotatable bonds is 7. The van der Waals surface area contributed by atoms with Gasteiger partial charge in [0.15, 0.2) is 5.12 Å². The van der Waals surface area contributed by atoms with Crippen LogP contribution in [0.5, 0.6) is 5.75 Å². The minimum Gasteiger partial charge on any atom is -0.497 e. The lowest BCUT2D eigenvalue weighted by atomic mass is 9.96. The zero-order valence-electron chi connectivity index (χ0n) is 12.7. The van der Waals surface area contributed by atoms with E-state index in [1.807, 2.05) is 30.3 Å². The predicted molar refractivity (Wildman–Crippen MR) is 89.5 cm³/mol. The van der Waals surface area contributed by atoms with Gasteiger partial charge in [0.05, 0.1) is 13.0 Å². The Balaban J connectivity index is 2.03. The number of carbonyl (C=O) groups is 1. The molecule has 6 heteroatoms. The van der Waals surface area contributed by atoms with Crippen molar-refractivity contribution in [2.45, 2.75) is 17.2 Å². The highest BCUT2D eigenvalue weighted by Crippen LogP contribution is 2.28. The minimum absolute atomic E-state index is 0.0918. The molecule has 0 bridgehead atoms. The molecule has 2 rings (SSSR count). The van der Waals surface area contributed by atoms with Crippen molar-refractivity contribution in [1.29, 1.82) is 0 Å². The predicted octanol–water partition coefficient (Wildman–Crippen LogP) is 3.76. The van der Waals surface area contributed by atoms with Gasteiger partial charge < -0.3 is 4.74 Å². The van der Waals surface area contributed by atoms with Crippen LogP contribution in [-0.4, -0.2) is 23.7 Å². The third-order valence-corrected chi connectivity index (χ3v) is 4.25. The average molecular weight is 331 g/mol. The van der Waals surface area contributed by atoms with Crippen molar-refractivity contribution in [3.8, 4) is 5.75 Å². The first kappa shape index (κ1) is 17.0. The maximum Gasteiger partial charge on any atom is 0.211 e. The fraction of sp³-hybridized carbons (Fsp3) is 0.235. The Kier molecular flexibility index (Phi) is 6.17. The van der Waals surface area contributed by atoms with Gasteiger partial charge in [-0.3, -0.25) is 14.9 Å². The Morgan fingerprint density at radius 3 is 2.39 bits per heavy atom. The molecule has 0 spiro atoms. The molecule has 0 heterocycles. The Morgan fingerprint density at radius 1 is 1.17 bits per heavy atom. The van der Waals surface area contributed by atoms with Gasteiger partial charge in [-0.25, -0.2) is 0 Å². The molecule has 0 saturated heterocycles. The Labute approximate surface area is 138 Å². The lowest BCUT2D eigenvalue weighted by Gasteiger charge is -2.12. The summed E-state index contributed by atoms with van der Waals surface area (Å²) in [5.74, 6) is 0.307. The lowest BCUT2D eigenvalue weighted by molar-refractivity contribution is -0.483. The van der Waals surface area contributed by atoms with Crippen LogP contribution in [-0.2, 0) is 4.79 Å². The number of hydrogen-bond acceptors (Lipinski definition) is 5. The molecular formula is C17H17NO4S. The molecule has 23 heavy (non-hydrogen) atoms. The summed E-state index contributed by atoms with van der Waals surface area (Å²) in [4.78, 5) is 23.5. The summed E-state index contributed by atoms with van der Waals surface area (Å²) in [5, 5.41) is 10.8. The molecule has 0 aromatic heterocycles. The van der Waals surface area contributed by atoms with Gasteiger partial charge in [-0.1, -0.05) is 42.1 Å². The molecule has 0 N–H and O–H groups in total. The van der Waals surface area contributed by atoms with Crippen molar-refractivity contribution in [3.05, 3.63) is 70.3 Å². The summed E-state index contributed by atoms with van der Waals surface area (Å²) < 4.78 is 5.07. The van der Waals surface area contributed by atoms with E-state index < -0.39 is 5.92 Å². The van der Waals surface area contributed by atoms with E-state index in [0.29, 0.717) is 0 Å². The van der Waals surface area contributed by atoms with Crippen LogP contribution in [0.15, 0.2) is 59.5 Å². The van der Waals surface area contributed by atoms with Gasteiger partial charge in [-0.15, -0.1) is 0 Å². The Bertz CT molecular complexity index is 658. The Hall–Kier alpha value is -2.34. The number of benzene rings is 2. The van der Waals surface area contributed by atoms with E-state index in [1.54, 1.807) is 31.4 Å². The van der Waals surface area contributed by atoms with E-state index in [-0.39, 0.29) is 23.0 Å². The summed E-state index contributed by atoms with van der Waals surface area (Å²) in [6.07, 6.45) is 0.127. The van der Waals surface area contributed by atoms with Gasteiger partial charge in [0.25, 0.3) is 0 Å². The van der Waals surface area contributed by atoms with Crippen molar-refractivity contribution in [3.63, 3.8) is 0 Å². The zero-order valence-corrected chi connectivity index (χ0v) is 13.5. The fourth-order valence-electron chi connectivity index (χ4n) is 2.21. The molecule has 0 aliphatic heterocycles. The smallest absolute Gasteiger partial charge is 0.211 e. The minimum atomic E-state index is -0.413. The highest BCUT2D eigenvalue weighted by molar-refractivity contribution is 8.13. The van der Waals surface area contributed by atoms with Gasteiger partial charge >= 0.3 is 0 Å². The fourth-order valence-corrected chi connectivity index (χ4v) is 3.03. The second-order valence-electron chi connectivity index (χ2n) is 4.98. The molecule has 2 aromatic rings. The van der Waals surface area contributed by atoms with Crippen LogP contribution in [0.1, 0.15) is 17.9 Å². The second kappa shape index (κ2) is 8.33. The van der Waals surface area contributed by atoms with Crippen LogP contribution in [0.4, 0.5) is 0 Å². The first-order valence-electron chi connectivity index (χ1n) is 7.10. The van der Waals surface area contributed by atoms with Gasteiger partial charge in [-0.05, 0) is 29.8 Å². The van der Waals surface area contributed by atoms with Crippen molar-refractivity contribution in [2.24, 2.45) is 0 Å². The monoisotopic (exact) mass is 331 g/mol. The highest BCUT2D eigenvalue weighted by atomic mass is 32.2. The lowest BCUT2D eigenvalue weighted by Crippen LogP contribution is -2.15. The van der Waals surface area contributed by atoms with E-state index in [0.717, 1.165) is 28.0 Å². The number of hydrogen-bond donors (Lipinski definition) is 0. The van der Waals surface area contributed by atoms with E-state index in [9.17, 15) is 14.9 Å². The van der Waals surface area contributed by atoms with Gasteiger partial charge in [0.1, 0.15) is 5.75 Å². The molecule has 0 aliphatic rings. The molecule has 0 fully saturated rings. The van der Waals surface area contributed by atoms with Crippen LogP contribution in [0, 0.1) is 10.1 Å². The molecule has 0 saturated carbocycles. The summed E-state index contributed by atoms with van der Waals surface area (Å²) in [6.45, 7) is -0.251. The summed E-state index contributed by atoms with van der Waals surface area (Å²) >= 11 is 1.10. The first-order chi connectivity index (χ1) is 11.1. The summed E-state index contributed by atoms with van der Waals surface area (Å²) in [5.41, 5.74) is 0.813. The molecule has 1 atom stereocenters. The van der Waals surface area contributed by atoms with Crippen molar-refractivity contribution in [2.75, 3.05) is 13.7 Å². The molecule has 0 radical (unpaired) electrons. The van der Waals surface area contributed by atoms with Gasteiger partial charge in [0.2, 0.25) is 6.54 Å². The third-order valence-electron chi connectivity index (χ3n) is 3.34. The van der Waals surface area contributed by atoms with E-state index >= 15 is 0 Å². The maximum absolute atomic E-state index is 12.2. The quantitative estimate of drug-likeness (QED) is 0.439. The molecule has 1 unspecified atom stereocenters. The Morgan fingerprint density at radius 2 is 1.83 bits per heavy atom. The van der Waals surface area contributed by atoms with E-state index in [1.165, 1.54) is 0 Å². The third kappa shape index (κ3) is 5.41. The number of nitro groups is 1. The number of thioether (sulfide) groups is 1. The van der Waals surface area contributed by atoms with E-state index in [4.69, 9.17) is 4.74 Å². The van der Waals surface area contributed by atoms with Crippen molar-refractivity contribution < 1.29 is 14.5 Å². The number of nitrogens with zero attached hydrogens (tertiary/aromatic N) is 1. The molecule has 2 aromatic carbocycles. The summed E-state index contributed by atoms with van der Waals surface area (Å²) in [6, 6.07) is 16.3. The molecule has 5 nitrogen and oxygen atoms in total. The average Bonchev–Trinajstić information content (AvgIpc) is 2.55. The first-order valence-corrected chi connectivity index (χ1v) is 7.91. The van der Waals surface area contributed by atoms with Crippen molar-refractivity contribution in [1.82, 2.24) is 0 Å². The molecule has 0 aliphatic carbocycles. The second-order valence-corrected chi connectivity index (χ2v) is 6.11. The van der Waals surface area contributed by atoms with Crippen LogP contribution in [0.25, 0.3) is 0 Å². The van der Waals surface area contributed by atoms with Gasteiger partial charge in [0, 0.05) is 16.2 Å². The van der Waals surface area contributed by atoms with Crippen LogP contribution < -0.4 is 4.74 Å². The standard InChI is InChI=1S/C17H17NO4S/c1-22-15-7-9-16(10-8-15)23-17(19)11-14(12-18(20)21)13-5-3-2-4-6-13/h2-10,14H,11-12H2,1H3. The molecule has 120 valence electrons.